The van der Waals surface area contributed by atoms with Crippen molar-refractivity contribution in [3.8, 4) is 6.07 Å². The highest BCUT2D eigenvalue weighted by atomic mass is 35.5. The van der Waals surface area contributed by atoms with E-state index in [1.165, 1.54) is 0 Å². The number of hydrogen-bond donors (Lipinski definition) is 0. The van der Waals surface area contributed by atoms with E-state index in [1.54, 1.807) is 39.0 Å². The number of carbonyl (C=O) groups is 2. The molecule has 4 nitrogen and oxygen atoms in total. The van der Waals surface area contributed by atoms with Gasteiger partial charge in [0.05, 0.1) is 22.2 Å². The predicted octanol–water partition coefficient (Wildman–Crippen LogP) is 2.87. The summed E-state index contributed by atoms with van der Waals surface area (Å²) in [6.45, 7) is 5.19. The minimum Gasteiger partial charge on any atom is -0.269 e. The highest BCUT2D eigenvalue weighted by molar-refractivity contribution is 6.37. The monoisotopic (exact) mass is 276 g/mol. The molecule has 19 heavy (non-hydrogen) atoms. The van der Waals surface area contributed by atoms with Crippen LogP contribution >= 0.6 is 11.6 Å². The van der Waals surface area contributed by atoms with Gasteiger partial charge in [0.1, 0.15) is 5.54 Å². The average Bonchev–Trinajstić information content (AvgIpc) is 2.62. The fraction of sp³-hybridized carbons (Fsp3) is 0.357. The van der Waals surface area contributed by atoms with Crippen molar-refractivity contribution in [2.45, 2.75) is 26.3 Å². The molecule has 2 rings (SSSR count). The van der Waals surface area contributed by atoms with Crippen LogP contribution in [0.25, 0.3) is 0 Å². The summed E-state index contributed by atoms with van der Waals surface area (Å²) in [7, 11) is 0. The van der Waals surface area contributed by atoms with Crippen LogP contribution in [0.2, 0.25) is 5.02 Å². The molecule has 0 N–H and O–H groups in total. The molecule has 1 heterocycles. The van der Waals surface area contributed by atoms with Crippen LogP contribution in [0.4, 0.5) is 0 Å². The number of imide groups is 1. The van der Waals surface area contributed by atoms with Gasteiger partial charge < -0.3 is 0 Å². The molecular formula is C14H13ClN2O2. The first-order valence-corrected chi connectivity index (χ1v) is 6.31. The molecule has 1 aromatic rings. The number of carbonyl (C=O) groups excluding carboxylic acids is 2. The summed E-state index contributed by atoms with van der Waals surface area (Å²) in [4.78, 5) is 25.8. The first kappa shape index (κ1) is 13.6. The molecule has 1 atom stereocenters. The van der Waals surface area contributed by atoms with Crippen LogP contribution in [-0.2, 0) is 0 Å². The molecule has 0 saturated carbocycles. The number of hydrogen-bond acceptors (Lipinski definition) is 3. The van der Waals surface area contributed by atoms with Crippen LogP contribution in [-0.4, -0.2) is 22.3 Å². The van der Waals surface area contributed by atoms with E-state index >= 15 is 0 Å². The van der Waals surface area contributed by atoms with Gasteiger partial charge in [0.15, 0.2) is 0 Å². The summed E-state index contributed by atoms with van der Waals surface area (Å²) in [5.74, 6) is -1.14. The Morgan fingerprint density at radius 1 is 1.32 bits per heavy atom. The molecule has 0 saturated heterocycles. The molecule has 0 bridgehead atoms. The molecule has 0 aliphatic carbocycles. The topological polar surface area (TPSA) is 61.2 Å². The van der Waals surface area contributed by atoms with Gasteiger partial charge in [-0.05, 0) is 25.0 Å². The summed E-state index contributed by atoms with van der Waals surface area (Å²) in [6.07, 6.45) is 0. The molecule has 98 valence electrons. The number of amides is 2. The normalized spacial score (nSPS) is 17.4. The Bertz CT molecular complexity index is 618. The fourth-order valence-electron chi connectivity index (χ4n) is 2.10. The number of nitriles is 1. The van der Waals surface area contributed by atoms with E-state index in [0.29, 0.717) is 0 Å². The van der Waals surface area contributed by atoms with E-state index < -0.39 is 17.4 Å². The molecular weight excluding hydrogens is 264 g/mol. The molecule has 0 spiro atoms. The largest absolute Gasteiger partial charge is 0.269 e. The van der Waals surface area contributed by atoms with Crippen LogP contribution < -0.4 is 0 Å². The van der Waals surface area contributed by atoms with Crippen molar-refractivity contribution in [3.05, 3.63) is 34.3 Å². The lowest BCUT2D eigenvalue weighted by atomic mass is 9.88. The third-order valence-corrected chi connectivity index (χ3v) is 3.99. The van der Waals surface area contributed by atoms with Crippen molar-refractivity contribution in [2.24, 2.45) is 5.92 Å². The lowest BCUT2D eigenvalue weighted by Crippen LogP contribution is -2.52. The van der Waals surface area contributed by atoms with Crippen molar-refractivity contribution in [2.75, 3.05) is 0 Å². The summed E-state index contributed by atoms with van der Waals surface area (Å²) in [5.41, 5.74) is -0.729. The SMILES string of the molecule is CC(C)C(C)(C#N)N1C(=O)c2cccc(Cl)c2C1=O. The molecule has 0 radical (unpaired) electrons. The summed E-state index contributed by atoms with van der Waals surface area (Å²) in [6, 6.07) is 6.81. The molecule has 0 fully saturated rings. The standard InChI is InChI=1S/C14H13ClN2O2/c1-8(2)14(3,7-16)17-12(18)9-5-4-6-10(15)11(9)13(17)19/h4-6,8H,1-3H3. The van der Waals surface area contributed by atoms with Crippen molar-refractivity contribution in [3.63, 3.8) is 0 Å². The van der Waals surface area contributed by atoms with Gasteiger partial charge in [0.2, 0.25) is 0 Å². The minimum absolute atomic E-state index is 0.182. The Labute approximate surface area is 116 Å². The lowest BCUT2D eigenvalue weighted by Gasteiger charge is -2.34. The van der Waals surface area contributed by atoms with E-state index in [9.17, 15) is 14.9 Å². The van der Waals surface area contributed by atoms with Gasteiger partial charge in [-0.15, -0.1) is 0 Å². The zero-order valence-electron chi connectivity index (χ0n) is 10.9. The molecule has 5 heteroatoms. The molecule has 1 aliphatic rings. The second-order valence-electron chi connectivity index (χ2n) is 5.02. The van der Waals surface area contributed by atoms with Gasteiger partial charge >= 0.3 is 0 Å². The fourth-order valence-corrected chi connectivity index (χ4v) is 2.36. The molecule has 2 amide bonds. The number of rotatable bonds is 2. The zero-order chi connectivity index (χ0) is 14.4. The van der Waals surface area contributed by atoms with Gasteiger partial charge in [0.25, 0.3) is 11.8 Å². The maximum Gasteiger partial charge on any atom is 0.264 e. The van der Waals surface area contributed by atoms with Gasteiger partial charge in [0, 0.05) is 0 Å². The minimum atomic E-state index is -1.18. The van der Waals surface area contributed by atoms with Crippen LogP contribution in [0.1, 0.15) is 41.5 Å². The lowest BCUT2D eigenvalue weighted by molar-refractivity contribution is 0.0465. The van der Waals surface area contributed by atoms with E-state index in [4.69, 9.17) is 11.6 Å². The van der Waals surface area contributed by atoms with Crippen molar-refractivity contribution >= 4 is 23.4 Å². The molecule has 1 unspecified atom stereocenters. The first-order chi connectivity index (χ1) is 8.84. The third-order valence-electron chi connectivity index (χ3n) is 3.68. The van der Waals surface area contributed by atoms with Crippen molar-refractivity contribution in [1.29, 1.82) is 5.26 Å². The smallest absolute Gasteiger partial charge is 0.264 e. The quantitative estimate of drug-likeness (QED) is 0.780. The second kappa shape index (κ2) is 4.36. The van der Waals surface area contributed by atoms with Gasteiger partial charge in [-0.3, -0.25) is 14.5 Å². The van der Waals surface area contributed by atoms with Crippen LogP contribution in [0.5, 0.6) is 0 Å². The molecule has 1 aromatic carbocycles. The van der Waals surface area contributed by atoms with Gasteiger partial charge in [-0.25, -0.2) is 0 Å². The number of fused-ring (bicyclic) bond motifs is 1. The molecule has 0 aromatic heterocycles. The predicted molar refractivity (Wildman–Crippen MR) is 70.8 cm³/mol. The number of benzene rings is 1. The van der Waals surface area contributed by atoms with Gasteiger partial charge in [-0.1, -0.05) is 31.5 Å². The Morgan fingerprint density at radius 2 is 1.95 bits per heavy atom. The second-order valence-corrected chi connectivity index (χ2v) is 5.43. The summed E-state index contributed by atoms with van der Waals surface area (Å²) in [5, 5.41) is 9.61. The Kier molecular flexibility index (Phi) is 3.11. The average molecular weight is 277 g/mol. The van der Waals surface area contributed by atoms with E-state index in [-0.39, 0.29) is 22.1 Å². The van der Waals surface area contributed by atoms with Crippen LogP contribution in [0.3, 0.4) is 0 Å². The number of nitrogens with zero attached hydrogens (tertiary/aromatic N) is 2. The summed E-state index contributed by atoms with van der Waals surface area (Å²) < 4.78 is 0. The van der Waals surface area contributed by atoms with E-state index in [0.717, 1.165) is 4.90 Å². The van der Waals surface area contributed by atoms with E-state index in [1.807, 2.05) is 0 Å². The maximum absolute atomic E-state index is 12.4. The zero-order valence-corrected chi connectivity index (χ0v) is 11.7. The Balaban J connectivity index is 2.62. The highest BCUT2D eigenvalue weighted by Crippen LogP contribution is 2.36. The van der Waals surface area contributed by atoms with E-state index in [2.05, 4.69) is 6.07 Å². The van der Waals surface area contributed by atoms with Crippen molar-refractivity contribution < 1.29 is 9.59 Å². The summed E-state index contributed by atoms with van der Waals surface area (Å²) >= 11 is 5.99. The van der Waals surface area contributed by atoms with Crippen LogP contribution in [0, 0.1) is 17.2 Å². The first-order valence-electron chi connectivity index (χ1n) is 5.93. The Hall–Kier alpha value is -1.86. The third kappa shape index (κ3) is 1.73. The van der Waals surface area contributed by atoms with Crippen molar-refractivity contribution in [1.82, 2.24) is 4.90 Å². The number of halogens is 1. The Morgan fingerprint density at radius 3 is 2.42 bits per heavy atom. The van der Waals surface area contributed by atoms with Gasteiger partial charge in [-0.2, -0.15) is 5.26 Å². The van der Waals surface area contributed by atoms with Crippen LogP contribution in [0.15, 0.2) is 18.2 Å². The maximum atomic E-state index is 12.4. The molecule has 1 aliphatic heterocycles. The highest BCUT2D eigenvalue weighted by Gasteiger charge is 2.49.